The molecule has 0 saturated carbocycles. The van der Waals surface area contributed by atoms with E-state index in [4.69, 9.17) is 0 Å². The summed E-state index contributed by atoms with van der Waals surface area (Å²) in [5.41, 5.74) is 0.277. The zero-order chi connectivity index (χ0) is 11.7. The molecule has 0 aromatic heterocycles. The minimum atomic E-state index is 0.277. The highest BCUT2D eigenvalue weighted by molar-refractivity contribution is 4.69. The first-order valence-electron chi connectivity index (χ1n) is 6.40. The molecule has 0 aliphatic carbocycles. The highest BCUT2D eigenvalue weighted by Gasteiger charge is 2.06. The van der Waals surface area contributed by atoms with Crippen LogP contribution in [0.4, 0.5) is 0 Å². The number of rotatable bonds is 8. The normalized spacial score (nSPS) is 12.4. The number of hydrogen-bond acceptors (Lipinski definition) is 2. The van der Waals surface area contributed by atoms with Crippen molar-refractivity contribution < 1.29 is 0 Å². The van der Waals surface area contributed by atoms with E-state index < -0.39 is 0 Å². The summed E-state index contributed by atoms with van der Waals surface area (Å²) in [7, 11) is 0. The van der Waals surface area contributed by atoms with E-state index in [0.717, 1.165) is 6.54 Å². The van der Waals surface area contributed by atoms with Gasteiger partial charge in [-0.25, -0.2) is 0 Å². The van der Waals surface area contributed by atoms with E-state index in [2.05, 4.69) is 45.3 Å². The molecular weight excluding hydrogens is 184 g/mol. The van der Waals surface area contributed by atoms with E-state index in [-0.39, 0.29) is 5.54 Å². The molecule has 2 heteroatoms. The van der Waals surface area contributed by atoms with Gasteiger partial charge in [-0.2, -0.15) is 0 Å². The molecule has 0 fully saturated rings. The van der Waals surface area contributed by atoms with Crippen molar-refractivity contribution in [2.45, 2.75) is 71.9 Å². The summed E-state index contributed by atoms with van der Waals surface area (Å²) in [4.78, 5) is 0. The van der Waals surface area contributed by atoms with E-state index in [1.807, 2.05) is 0 Å². The lowest BCUT2D eigenvalue weighted by molar-refractivity contribution is 0.415. The minimum Gasteiger partial charge on any atom is -0.315 e. The van der Waals surface area contributed by atoms with Crippen LogP contribution in [0.5, 0.6) is 0 Å². The quantitative estimate of drug-likeness (QED) is 0.607. The van der Waals surface area contributed by atoms with Crippen LogP contribution in [0.1, 0.15) is 60.3 Å². The largest absolute Gasteiger partial charge is 0.315 e. The highest BCUT2D eigenvalue weighted by atomic mass is 14.9. The Morgan fingerprint density at radius 2 is 1.40 bits per heavy atom. The molecule has 0 spiro atoms. The van der Waals surface area contributed by atoms with Gasteiger partial charge in [0.15, 0.2) is 0 Å². The molecule has 0 heterocycles. The highest BCUT2D eigenvalue weighted by Crippen LogP contribution is 2.02. The second-order valence-electron chi connectivity index (χ2n) is 5.70. The van der Waals surface area contributed by atoms with Gasteiger partial charge >= 0.3 is 0 Å². The minimum absolute atomic E-state index is 0.277. The summed E-state index contributed by atoms with van der Waals surface area (Å²) in [5.74, 6) is 0. The van der Waals surface area contributed by atoms with Crippen molar-refractivity contribution in [1.82, 2.24) is 10.6 Å². The van der Waals surface area contributed by atoms with Gasteiger partial charge in [-0.05, 0) is 46.7 Å². The van der Waals surface area contributed by atoms with Crippen LogP contribution < -0.4 is 10.6 Å². The van der Waals surface area contributed by atoms with Gasteiger partial charge in [-0.15, -0.1) is 0 Å². The topological polar surface area (TPSA) is 24.1 Å². The van der Waals surface area contributed by atoms with Gasteiger partial charge in [0.2, 0.25) is 0 Å². The predicted molar refractivity (Wildman–Crippen MR) is 69.4 cm³/mol. The Labute approximate surface area is 96.2 Å². The summed E-state index contributed by atoms with van der Waals surface area (Å²) in [6, 6.07) is 0.632. The maximum absolute atomic E-state index is 3.52. The van der Waals surface area contributed by atoms with Crippen LogP contribution in [0.15, 0.2) is 0 Å². The van der Waals surface area contributed by atoms with E-state index in [9.17, 15) is 0 Å². The maximum atomic E-state index is 3.52. The Kier molecular flexibility index (Phi) is 8.07. The zero-order valence-electron chi connectivity index (χ0n) is 11.3. The predicted octanol–water partition coefficient (Wildman–Crippen LogP) is 2.93. The van der Waals surface area contributed by atoms with Crippen molar-refractivity contribution in [2.75, 3.05) is 13.1 Å². The molecule has 0 atom stereocenters. The van der Waals surface area contributed by atoms with E-state index in [1.165, 1.54) is 32.2 Å². The SMILES string of the molecule is CC(C)NCCCCCCNC(C)(C)C. The lowest BCUT2D eigenvalue weighted by Crippen LogP contribution is -2.36. The average molecular weight is 214 g/mol. The van der Waals surface area contributed by atoms with Crippen molar-refractivity contribution in [1.29, 1.82) is 0 Å². The van der Waals surface area contributed by atoms with Crippen LogP contribution in [0.2, 0.25) is 0 Å². The Morgan fingerprint density at radius 3 is 1.87 bits per heavy atom. The van der Waals surface area contributed by atoms with Gasteiger partial charge in [0, 0.05) is 11.6 Å². The van der Waals surface area contributed by atoms with Crippen molar-refractivity contribution in [3.05, 3.63) is 0 Å². The molecule has 0 rings (SSSR count). The summed E-state index contributed by atoms with van der Waals surface area (Å²) >= 11 is 0. The monoisotopic (exact) mass is 214 g/mol. The molecule has 0 aromatic carbocycles. The third-order valence-electron chi connectivity index (χ3n) is 2.31. The lowest BCUT2D eigenvalue weighted by atomic mass is 10.1. The Morgan fingerprint density at radius 1 is 0.867 bits per heavy atom. The summed E-state index contributed by atoms with van der Waals surface area (Å²) < 4.78 is 0. The van der Waals surface area contributed by atoms with Gasteiger partial charge in [0.25, 0.3) is 0 Å². The van der Waals surface area contributed by atoms with Crippen molar-refractivity contribution in [3.63, 3.8) is 0 Å². The van der Waals surface area contributed by atoms with Crippen LogP contribution in [-0.4, -0.2) is 24.7 Å². The molecule has 2 N–H and O–H groups in total. The maximum Gasteiger partial charge on any atom is 0.00965 e. The number of nitrogens with one attached hydrogen (secondary N) is 2. The molecule has 0 radical (unpaired) electrons. The van der Waals surface area contributed by atoms with Crippen molar-refractivity contribution >= 4 is 0 Å². The molecule has 0 aliphatic heterocycles. The van der Waals surface area contributed by atoms with E-state index in [0.29, 0.717) is 6.04 Å². The van der Waals surface area contributed by atoms with Crippen LogP contribution in [0, 0.1) is 0 Å². The molecule has 92 valence electrons. The summed E-state index contributed by atoms with van der Waals surface area (Å²) in [5, 5.41) is 6.96. The van der Waals surface area contributed by atoms with Gasteiger partial charge < -0.3 is 10.6 Å². The fraction of sp³-hybridized carbons (Fsp3) is 1.00. The zero-order valence-corrected chi connectivity index (χ0v) is 11.3. The first-order chi connectivity index (χ1) is 6.92. The molecule has 0 bridgehead atoms. The van der Waals surface area contributed by atoms with Crippen LogP contribution in [0.25, 0.3) is 0 Å². The fourth-order valence-corrected chi connectivity index (χ4v) is 1.46. The van der Waals surface area contributed by atoms with Gasteiger partial charge in [0.1, 0.15) is 0 Å². The number of unbranched alkanes of at least 4 members (excludes halogenated alkanes) is 3. The lowest BCUT2D eigenvalue weighted by Gasteiger charge is -2.20. The van der Waals surface area contributed by atoms with E-state index >= 15 is 0 Å². The van der Waals surface area contributed by atoms with E-state index in [1.54, 1.807) is 0 Å². The van der Waals surface area contributed by atoms with Crippen molar-refractivity contribution in [3.8, 4) is 0 Å². The average Bonchev–Trinajstić information content (AvgIpc) is 2.07. The number of hydrogen-bond donors (Lipinski definition) is 2. The first-order valence-corrected chi connectivity index (χ1v) is 6.40. The molecule has 0 amide bonds. The first kappa shape index (κ1) is 14.9. The fourth-order valence-electron chi connectivity index (χ4n) is 1.46. The molecule has 0 aliphatic rings. The van der Waals surface area contributed by atoms with Crippen LogP contribution in [0.3, 0.4) is 0 Å². The van der Waals surface area contributed by atoms with Gasteiger partial charge in [-0.3, -0.25) is 0 Å². The second-order valence-corrected chi connectivity index (χ2v) is 5.70. The third kappa shape index (κ3) is 13.9. The molecular formula is C13H30N2. The summed E-state index contributed by atoms with van der Waals surface area (Å²) in [6.07, 6.45) is 5.32. The third-order valence-corrected chi connectivity index (χ3v) is 2.31. The van der Waals surface area contributed by atoms with Crippen LogP contribution >= 0.6 is 0 Å². The van der Waals surface area contributed by atoms with Crippen molar-refractivity contribution in [2.24, 2.45) is 0 Å². The smallest absolute Gasteiger partial charge is 0.00965 e. The standard InChI is InChI=1S/C13H30N2/c1-12(2)14-10-8-6-7-9-11-15-13(3,4)5/h12,14-15H,6-11H2,1-5H3. The molecule has 2 nitrogen and oxygen atoms in total. The molecule has 0 aromatic rings. The molecule has 0 saturated heterocycles. The Hall–Kier alpha value is -0.0800. The Bertz CT molecular complexity index is 136. The summed E-state index contributed by atoms with van der Waals surface area (Å²) in [6.45, 7) is 13.4. The second kappa shape index (κ2) is 8.12. The van der Waals surface area contributed by atoms with Crippen LogP contribution in [-0.2, 0) is 0 Å². The molecule has 15 heavy (non-hydrogen) atoms. The molecule has 0 unspecified atom stereocenters. The van der Waals surface area contributed by atoms with Gasteiger partial charge in [-0.1, -0.05) is 26.7 Å². The van der Waals surface area contributed by atoms with Gasteiger partial charge in [0.05, 0.1) is 0 Å². The Balaban J connectivity index is 3.06.